The first-order chi connectivity index (χ1) is 16.0. The Balaban J connectivity index is 1.40. The topological polar surface area (TPSA) is 42.1 Å². The molecule has 4 aromatic rings. The number of pyridine rings is 1. The van der Waals surface area contributed by atoms with Gasteiger partial charge in [-0.25, -0.2) is 14.4 Å². The SMILES string of the molecule is C[C@@H]1CN(c2ccc3c(n2)Cn2cc(-c4ccc(F)cc4)cc2-c2nccn2-3)C[C@@H]1N(C)C. The van der Waals surface area contributed by atoms with Crippen LogP contribution in [-0.4, -0.2) is 57.2 Å². The summed E-state index contributed by atoms with van der Waals surface area (Å²) < 4.78 is 17.8. The smallest absolute Gasteiger partial charge is 0.161 e. The molecule has 2 aliphatic heterocycles. The maximum Gasteiger partial charge on any atom is 0.161 e. The summed E-state index contributed by atoms with van der Waals surface area (Å²) in [5.41, 5.74) is 5.14. The van der Waals surface area contributed by atoms with Gasteiger partial charge in [0.05, 0.1) is 23.6 Å². The van der Waals surface area contributed by atoms with Crippen LogP contribution in [0.4, 0.5) is 10.2 Å². The van der Waals surface area contributed by atoms with E-state index in [9.17, 15) is 4.39 Å². The summed E-state index contributed by atoms with van der Waals surface area (Å²) in [6.07, 6.45) is 5.94. The van der Waals surface area contributed by atoms with E-state index in [1.807, 2.05) is 24.5 Å². The zero-order chi connectivity index (χ0) is 22.7. The van der Waals surface area contributed by atoms with Gasteiger partial charge in [-0.3, -0.25) is 4.57 Å². The normalized spacial score (nSPS) is 19.4. The second kappa shape index (κ2) is 7.56. The lowest BCUT2D eigenvalue weighted by Gasteiger charge is -2.23. The molecule has 2 atom stereocenters. The molecule has 1 fully saturated rings. The number of imidazole rings is 1. The highest BCUT2D eigenvalue weighted by Crippen LogP contribution is 2.35. The van der Waals surface area contributed by atoms with Crippen molar-refractivity contribution in [3.05, 3.63) is 72.6 Å². The van der Waals surface area contributed by atoms with E-state index in [0.717, 1.165) is 52.9 Å². The number of benzene rings is 1. The average molecular weight is 443 g/mol. The summed E-state index contributed by atoms with van der Waals surface area (Å²) in [5.74, 6) is 2.28. The van der Waals surface area contributed by atoms with E-state index in [1.54, 1.807) is 0 Å². The van der Waals surface area contributed by atoms with Gasteiger partial charge in [0.15, 0.2) is 5.82 Å². The van der Waals surface area contributed by atoms with E-state index < -0.39 is 0 Å². The minimum atomic E-state index is -0.228. The summed E-state index contributed by atoms with van der Waals surface area (Å²) in [7, 11) is 4.31. The van der Waals surface area contributed by atoms with E-state index in [-0.39, 0.29) is 5.82 Å². The average Bonchev–Trinajstić information content (AvgIpc) is 3.51. The molecule has 7 heteroatoms. The number of fused-ring (bicyclic) bond motifs is 5. The van der Waals surface area contributed by atoms with Crippen LogP contribution < -0.4 is 4.90 Å². The van der Waals surface area contributed by atoms with Gasteiger partial charge < -0.3 is 14.4 Å². The molecule has 6 nitrogen and oxygen atoms in total. The predicted octanol–water partition coefficient (Wildman–Crippen LogP) is 4.29. The lowest BCUT2D eigenvalue weighted by Crippen LogP contribution is -2.34. The Labute approximate surface area is 192 Å². The van der Waals surface area contributed by atoms with Crippen LogP contribution in [0, 0.1) is 11.7 Å². The second-order valence-corrected chi connectivity index (χ2v) is 9.42. The van der Waals surface area contributed by atoms with Crippen molar-refractivity contribution in [1.82, 2.24) is 24.0 Å². The van der Waals surface area contributed by atoms with Crippen LogP contribution in [0.25, 0.3) is 28.3 Å². The van der Waals surface area contributed by atoms with Gasteiger partial charge in [0.25, 0.3) is 0 Å². The van der Waals surface area contributed by atoms with Crippen LogP contribution >= 0.6 is 0 Å². The van der Waals surface area contributed by atoms with Crippen molar-refractivity contribution in [1.29, 1.82) is 0 Å². The molecule has 0 aliphatic carbocycles. The number of rotatable bonds is 3. The number of hydrogen-bond donors (Lipinski definition) is 0. The highest BCUT2D eigenvalue weighted by molar-refractivity contribution is 5.71. The van der Waals surface area contributed by atoms with Crippen molar-refractivity contribution < 1.29 is 4.39 Å². The molecular formula is C26H27FN6. The van der Waals surface area contributed by atoms with Crippen molar-refractivity contribution in [2.75, 3.05) is 32.1 Å². The highest BCUT2D eigenvalue weighted by atomic mass is 19.1. The predicted molar refractivity (Wildman–Crippen MR) is 128 cm³/mol. The van der Waals surface area contributed by atoms with Crippen molar-refractivity contribution >= 4 is 5.82 Å². The van der Waals surface area contributed by atoms with Crippen molar-refractivity contribution in [2.45, 2.75) is 19.5 Å². The Morgan fingerprint density at radius 2 is 1.85 bits per heavy atom. The quantitative estimate of drug-likeness (QED) is 0.418. The maximum atomic E-state index is 13.4. The van der Waals surface area contributed by atoms with E-state index in [1.165, 1.54) is 12.1 Å². The number of nitrogens with zero attached hydrogens (tertiary/aromatic N) is 6. The van der Waals surface area contributed by atoms with E-state index in [4.69, 9.17) is 4.98 Å². The third-order valence-electron chi connectivity index (χ3n) is 7.02. The molecule has 1 saturated heterocycles. The first-order valence-electron chi connectivity index (χ1n) is 11.4. The first-order valence-corrected chi connectivity index (χ1v) is 11.4. The van der Waals surface area contributed by atoms with Gasteiger partial charge in [-0.15, -0.1) is 0 Å². The fourth-order valence-electron chi connectivity index (χ4n) is 5.28. The van der Waals surface area contributed by atoms with Crippen LogP contribution in [0.15, 0.2) is 61.1 Å². The van der Waals surface area contributed by atoms with E-state index in [2.05, 4.69) is 69.3 Å². The molecule has 0 amide bonds. The molecule has 1 aromatic carbocycles. The molecule has 0 N–H and O–H groups in total. The van der Waals surface area contributed by atoms with Gasteiger partial charge in [-0.05, 0) is 55.9 Å². The summed E-state index contributed by atoms with van der Waals surface area (Å²) in [6.45, 7) is 4.97. The zero-order valence-corrected chi connectivity index (χ0v) is 19.1. The molecule has 33 heavy (non-hydrogen) atoms. The number of likely N-dealkylation sites (N-methyl/N-ethyl adjacent to an activating group) is 1. The van der Waals surface area contributed by atoms with Crippen molar-refractivity contribution in [2.24, 2.45) is 5.92 Å². The molecule has 168 valence electrons. The van der Waals surface area contributed by atoms with Crippen LogP contribution in [-0.2, 0) is 6.54 Å². The van der Waals surface area contributed by atoms with E-state index in [0.29, 0.717) is 18.5 Å². The summed E-state index contributed by atoms with van der Waals surface area (Å²) >= 11 is 0. The van der Waals surface area contributed by atoms with Gasteiger partial charge in [-0.1, -0.05) is 19.1 Å². The maximum absolute atomic E-state index is 13.4. The zero-order valence-electron chi connectivity index (χ0n) is 19.1. The Bertz CT molecular complexity index is 1320. The minimum absolute atomic E-state index is 0.228. The van der Waals surface area contributed by atoms with E-state index >= 15 is 0 Å². The number of aromatic nitrogens is 4. The van der Waals surface area contributed by atoms with Gasteiger partial charge >= 0.3 is 0 Å². The van der Waals surface area contributed by atoms with Gasteiger partial charge in [0, 0.05) is 43.3 Å². The molecule has 2 aliphatic rings. The minimum Gasteiger partial charge on any atom is -0.355 e. The van der Waals surface area contributed by atoms with Gasteiger partial charge in [-0.2, -0.15) is 0 Å². The Hall–Kier alpha value is -3.45. The molecule has 0 unspecified atom stereocenters. The first kappa shape index (κ1) is 20.2. The second-order valence-electron chi connectivity index (χ2n) is 9.42. The molecule has 5 heterocycles. The number of anilines is 1. The molecular weight excluding hydrogens is 415 g/mol. The van der Waals surface area contributed by atoms with Crippen molar-refractivity contribution in [3.8, 4) is 28.3 Å². The molecule has 3 aromatic heterocycles. The Morgan fingerprint density at radius 1 is 1.03 bits per heavy atom. The summed E-state index contributed by atoms with van der Waals surface area (Å²) in [4.78, 5) is 14.5. The Kier molecular flexibility index (Phi) is 4.62. The molecule has 0 radical (unpaired) electrons. The van der Waals surface area contributed by atoms with Gasteiger partial charge in [0.2, 0.25) is 0 Å². The molecule has 0 saturated carbocycles. The Morgan fingerprint density at radius 3 is 2.61 bits per heavy atom. The third-order valence-corrected chi connectivity index (χ3v) is 7.02. The summed E-state index contributed by atoms with van der Waals surface area (Å²) in [5, 5.41) is 0. The lowest BCUT2D eigenvalue weighted by molar-refractivity contribution is 0.266. The monoisotopic (exact) mass is 442 g/mol. The van der Waals surface area contributed by atoms with Crippen molar-refractivity contribution in [3.63, 3.8) is 0 Å². The van der Waals surface area contributed by atoms with Gasteiger partial charge in [0.1, 0.15) is 11.6 Å². The lowest BCUT2D eigenvalue weighted by atomic mass is 10.1. The third kappa shape index (κ3) is 3.35. The molecule has 0 bridgehead atoms. The van der Waals surface area contributed by atoms with Crippen LogP contribution in [0.5, 0.6) is 0 Å². The van der Waals surface area contributed by atoms with Crippen LogP contribution in [0.2, 0.25) is 0 Å². The highest BCUT2D eigenvalue weighted by Gasteiger charge is 2.32. The number of hydrogen-bond acceptors (Lipinski definition) is 4. The fourth-order valence-corrected chi connectivity index (χ4v) is 5.28. The van der Waals surface area contributed by atoms with Crippen LogP contribution in [0.1, 0.15) is 12.6 Å². The summed E-state index contributed by atoms with van der Waals surface area (Å²) in [6, 6.07) is 13.6. The largest absolute Gasteiger partial charge is 0.355 e. The standard InChI is InChI=1S/C26H27FN6/c1-17-13-32(16-24(17)30(2)3)25-9-8-22-21(29-25)15-31-14-19(18-4-6-20(27)7-5-18)12-23(31)26-28-10-11-33(22)26/h4-12,14,17,24H,13,15-16H2,1-3H3/t17-,24+/m1/s1. The fraction of sp³-hybridized carbons (Fsp3) is 0.308. The van der Waals surface area contributed by atoms with Crippen LogP contribution in [0.3, 0.4) is 0 Å². The molecule has 6 rings (SSSR count). The molecule has 0 spiro atoms. The number of halogens is 1.